The summed E-state index contributed by atoms with van der Waals surface area (Å²) in [4.78, 5) is 11.8. The van der Waals surface area contributed by atoms with E-state index in [1.807, 2.05) is 0 Å². The molecule has 2 aromatic rings. The van der Waals surface area contributed by atoms with E-state index in [1.54, 1.807) is 0 Å². The van der Waals surface area contributed by atoms with E-state index in [2.05, 4.69) is 15.0 Å². The Morgan fingerprint density at radius 3 is 2.61 bits per heavy atom. The van der Waals surface area contributed by atoms with Crippen molar-refractivity contribution in [2.45, 2.75) is 24.7 Å². The van der Waals surface area contributed by atoms with Crippen molar-refractivity contribution in [2.24, 2.45) is 0 Å². The summed E-state index contributed by atoms with van der Waals surface area (Å²) in [5.74, 6) is 0.201. The number of imidazole rings is 1. The number of aliphatic hydroxyl groups excluding tert-OH is 3. The van der Waals surface area contributed by atoms with Crippen LogP contribution in [0.3, 0.4) is 0 Å². The Bertz CT molecular complexity index is 587. The third-order valence-corrected chi connectivity index (χ3v) is 2.87. The number of rotatable bonds is 1. The van der Waals surface area contributed by atoms with Crippen LogP contribution in [0.15, 0.2) is 12.7 Å². The molecular formula is C9H11N5O4. The molecule has 5 N–H and O–H groups in total. The molecule has 4 atom stereocenters. The largest absolute Gasteiger partial charge is 0.385 e. The van der Waals surface area contributed by atoms with Gasteiger partial charge in [0.05, 0.1) is 6.33 Å². The molecular weight excluding hydrogens is 242 g/mol. The zero-order chi connectivity index (χ0) is 12.9. The van der Waals surface area contributed by atoms with Crippen LogP contribution < -0.4 is 5.73 Å². The highest BCUT2D eigenvalue weighted by molar-refractivity contribution is 5.81. The molecule has 96 valence electrons. The molecule has 0 spiro atoms. The normalized spacial score (nSPS) is 32.2. The van der Waals surface area contributed by atoms with Crippen molar-refractivity contribution >= 4 is 17.0 Å². The zero-order valence-electron chi connectivity index (χ0n) is 9.08. The fourth-order valence-corrected chi connectivity index (χ4v) is 1.93. The van der Waals surface area contributed by atoms with Gasteiger partial charge in [0.2, 0.25) is 0 Å². The molecule has 1 aliphatic rings. The van der Waals surface area contributed by atoms with E-state index >= 15 is 0 Å². The van der Waals surface area contributed by atoms with Gasteiger partial charge < -0.3 is 25.8 Å². The number of fused-ring (bicyclic) bond motifs is 1. The van der Waals surface area contributed by atoms with E-state index in [9.17, 15) is 15.3 Å². The predicted molar refractivity (Wildman–Crippen MR) is 57.9 cm³/mol. The Balaban J connectivity index is 2.08. The average molecular weight is 253 g/mol. The number of hydrogen-bond donors (Lipinski definition) is 4. The number of anilines is 1. The molecule has 0 saturated carbocycles. The molecule has 1 aliphatic heterocycles. The summed E-state index contributed by atoms with van der Waals surface area (Å²) >= 11 is 0. The van der Waals surface area contributed by atoms with Crippen LogP contribution in [0.25, 0.3) is 11.2 Å². The van der Waals surface area contributed by atoms with Gasteiger partial charge in [-0.2, -0.15) is 0 Å². The summed E-state index contributed by atoms with van der Waals surface area (Å²) in [6, 6.07) is 0. The van der Waals surface area contributed by atoms with E-state index in [1.165, 1.54) is 17.2 Å². The van der Waals surface area contributed by atoms with E-state index in [0.717, 1.165) is 0 Å². The van der Waals surface area contributed by atoms with Gasteiger partial charge in [0.25, 0.3) is 0 Å². The molecule has 1 saturated heterocycles. The maximum Gasteiger partial charge on any atom is 0.186 e. The molecule has 0 amide bonds. The summed E-state index contributed by atoms with van der Waals surface area (Å²) in [5.41, 5.74) is 6.35. The SMILES string of the molecule is Nc1ncnc2c1ncn2[C@H]1O[C@@H](O)[C@@H](O)[C@H]1O. The Kier molecular flexibility index (Phi) is 2.41. The Morgan fingerprint density at radius 2 is 1.94 bits per heavy atom. The van der Waals surface area contributed by atoms with Crippen molar-refractivity contribution in [2.75, 3.05) is 5.73 Å². The number of nitrogens with two attached hydrogens (primary N) is 1. The fraction of sp³-hybridized carbons (Fsp3) is 0.444. The van der Waals surface area contributed by atoms with Gasteiger partial charge in [-0.3, -0.25) is 4.57 Å². The minimum Gasteiger partial charge on any atom is -0.385 e. The van der Waals surface area contributed by atoms with Crippen LogP contribution in [0.1, 0.15) is 6.23 Å². The molecule has 3 rings (SSSR count). The Hall–Kier alpha value is -1.81. The average Bonchev–Trinajstić information content (AvgIpc) is 2.88. The lowest BCUT2D eigenvalue weighted by atomic mass is 10.2. The van der Waals surface area contributed by atoms with Crippen LogP contribution >= 0.6 is 0 Å². The molecule has 0 radical (unpaired) electrons. The summed E-state index contributed by atoms with van der Waals surface area (Å²) in [6.45, 7) is 0. The lowest BCUT2D eigenvalue weighted by Gasteiger charge is -2.15. The third-order valence-electron chi connectivity index (χ3n) is 2.87. The van der Waals surface area contributed by atoms with Crippen LogP contribution in [-0.2, 0) is 4.74 Å². The topological polar surface area (TPSA) is 140 Å². The first-order chi connectivity index (χ1) is 8.59. The number of nitrogen functional groups attached to an aromatic ring is 1. The van der Waals surface area contributed by atoms with Crippen LogP contribution in [0, 0.1) is 0 Å². The van der Waals surface area contributed by atoms with Crippen molar-refractivity contribution in [3.8, 4) is 0 Å². The van der Waals surface area contributed by atoms with Gasteiger partial charge in [-0.15, -0.1) is 0 Å². The number of ether oxygens (including phenoxy) is 1. The van der Waals surface area contributed by atoms with Gasteiger partial charge in [0, 0.05) is 0 Å². The van der Waals surface area contributed by atoms with Crippen LogP contribution in [0.5, 0.6) is 0 Å². The Labute approximate surface area is 100 Å². The smallest absolute Gasteiger partial charge is 0.186 e. The second-order valence-corrected chi connectivity index (χ2v) is 3.98. The standard InChI is InChI=1S/C9H11N5O4/c10-6-3-7(12-1-11-6)14(2-13-3)8-4(15)5(16)9(17)18-8/h1-2,4-5,8-9,15-17H,(H2,10,11,12)/t4-,5+,8+,9-/m1/s1. The van der Waals surface area contributed by atoms with Gasteiger partial charge >= 0.3 is 0 Å². The van der Waals surface area contributed by atoms with E-state index in [4.69, 9.17) is 10.5 Å². The molecule has 0 unspecified atom stereocenters. The van der Waals surface area contributed by atoms with Gasteiger partial charge in [-0.05, 0) is 0 Å². The minimum atomic E-state index is -1.46. The highest BCUT2D eigenvalue weighted by atomic mass is 16.7. The predicted octanol–water partition coefficient (Wildman–Crippen LogP) is -2.02. The maximum atomic E-state index is 9.77. The molecule has 1 fully saturated rings. The molecule has 9 nitrogen and oxygen atoms in total. The summed E-state index contributed by atoms with van der Waals surface area (Å²) in [5, 5.41) is 28.6. The quantitative estimate of drug-likeness (QED) is 0.456. The molecule has 18 heavy (non-hydrogen) atoms. The lowest BCUT2D eigenvalue weighted by molar-refractivity contribution is -0.141. The molecule has 2 aromatic heterocycles. The highest BCUT2D eigenvalue weighted by Crippen LogP contribution is 2.30. The fourth-order valence-electron chi connectivity index (χ4n) is 1.93. The van der Waals surface area contributed by atoms with Crippen molar-refractivity contribution in [3.63, 3.8) is 0 Å². The minimum absolute atomic E-state index is 0.201. The number of aromatic nitrogens is 4. The zero-order valence-corrected chi connectivity index (χ0v) is 9.08. The van der Waals surface area contributed by atoms with Crippen molar-refractivity contribution in [3.05, 3.63) is 12.7 Å². The molecule has 0 aliphatic carbocycles. The van der Waals surface area contributed by atoms with Crippen LogP contribution in [0.4, 0.5) is 5.82 Å². The Morgan fingerprint density at radius 1 is 1.17 bits per heavy atom. The number of aliphatic hydroxyl groups is 3. The summed E-state index contributed by atoms with van der Waals surface area (Å²) < 4.78 is 6.44. The van der Waals surface area contributed by atoms with Crippen molar-refractivity contribution in [1.82, 2.24) is 19.5 Å². The molecule has 0 bridgehead atoms. The number of hydrogen-bond acceptors (Lipinski definition) is 8. The maximum absolute atomic E-state index is 9.77. The second-order valence-electron chi connectivity index (χ2n) is 3.98. The van der Waals surface area contributed by atoms with Gasteiger partial charge in [0.15, 0.2) is 24.0 Å². The van der Waals surface area contributed by atoms with Gasteiger partial charge in [-0.25, -0.2) is 15.0 Å². The summed E-state index contributed by atoms with van der Waals surface area (Å²) in [6.07, 6.45) is -2.49. The highest BCUT2D eigenvalue weighted by Gasteiger charge is 2.43. The summed E-state index contributed by atoms with van der Waals surface area (Å²) in [7, 11) is 0. The van der Waals surface area contributed by atoms with E-state index in [0.29, 0.717) is 11.2 Å². The van der Waals surface area contributed by atoms with Crippen molar-refractivity contribution < 1.29 is 20.1 Å². The monoisotopic (exact) mass is 253 g/mol. The molecule has 0 aromatic carbocycles. The second kappa shape index (κ2) is 3.85. The molecule has 9 heteroatoms. The number of nitrogens with zero attached hydrogens (tertiary/aromatic N) is 4. The van der Waals surface area contributed by atoms with Crippen molar-refractivity contribution in [1.29, 1.82) is 0 Å². The lowest BCUT2D eigenvalue weighted by Crippen LogP contribution is -2.31. The van der Waals surface area contributed by atoms with Gasteiger partial charge in [0.1, 0.15) is 24.1 Å². The first kappa shape index (κ1) is 11.3. The molecule has 3 heterocycles. The van der Waals surface area contributed by atoms with E-state index in [-0.39, 0.29) is 5.82 Å². The third kappa shape index (κ3) is 1.46. The van der Waals surface area contributed by atoms with E-state index < -0.39 is 24.7 Å². The van der Waals surface area contributed by atoms with Gasteiger partial charge in [-0.1, -0.05) is 0 Å². The first-order valence-electron chi connectivity index (χ1n) is 5.22. The van der Waals surface area contributed by atoms with Crippen LogP contribution in [0.2, 0.25) is 0 Å². The van der Waals surface area contributed by atoms with Crippen LogP contribution in [-0.4, -0.2) is 53.3 Å². The first-order valence-corrected chi connectivity index (χ1v) is 5.22.